The molecule has 3 rings (SSSR count). The van der Waals surface area contributed by atoms with Crippen LogP contribution in [0.3, 0.4) is 0 Å². The van der Waals surface area contributed by atoms with Crippen LogP contribution in [0.4, 0.5) is 20.6 Å². The third-order valence-corrected chi connectivity index (χ3v) is 4.21. The molecule has 2 aromatic carbocycles. The molecule has 0 saturated carbocycles. The number of anilines is 2. The monoisotopic (exact) mass is 341 g/mol. The van der Waals surface area contributed by atoms with Crippen LogP contribution >= 0.6 is 0 Å². The van der Waals surface area contributed by atoms with Crippen molar-refractivity contribution in [2.45, 2.75) is 32.2 Å². The van der Waals surface area contributed by atoms with Crippen molar-refractivity contribution in [3.05, 3.63) is 59.4 Å². The lowest BCUT2D eigenvalue weighted by atomic mass is 9.88. The standard InChI is InChI=1S/C19H20FN3O2/c1-12(24)21-18-11-14(9-10-16(18)20)22-19(25)23-17-8-4-6-13-5-2-3-7-15(13)17/h2-3,5,7,9-11,17H,4,6,8H2,1H3,(H,21,24)(H2,22,23,25). The van der Waals surface area contributed by atoms with Crippen molar-refractivity contribution in [2.75, 3.05) is 10.6 Å². The van der Waals surface area contributed by atoms with Crippen molar-refractivity contribution in [3.63, 3.8) is 0 Å². The number of urea groups is 1. The normalized spacial score (nSPS) is 15.8. The van der Waals surface area contributed by atoms with E-state index >= 15 is 0 Å². The molecule has 1 aliphatic rings. The lowest BCUT2D eigenvalue weighted by Gasteiger charge is -2.26. The summed E-state index contributed by atoms with van der Waals surface area (Å²) < 4.78 is 13.7. The van der Waals surface area contributed by atoms with Gasteiger partial charge in [0.25, 0.3) is 0 Å². The second-order valence-corrected chi connectivity index (χ2v) is 6.12. The Balaban J connectivity index is 1.68. The highest BCUT2D eigenvalue weighted by molar-refractivity contribution is 5.92. The van der Waals surface area contributed by atoms with Crippen LogP contribution in [-0.2, 0) is 11.2 Å². The average molecular weight is 341 g/mol. The zero-order valence-electron chi connectivity index (χ0n) is 13.9. The fourth-order valence-electron chi connectivity index (χ4n) is 3.12. The van der Waals surface area contributed by atoms with E-state index in [1.165, 1.54) is 30.7 Å². The van der Waals surface area contributed by atoms with Crippen LogP contribution in [-0.4, -0.2) is 11.9 Å². The van der Waals surface area contributed by atoms with E-state index < -0.39 is 5.82 Å². The average Bonchev–Trinajstić information content (AvgIpc) is 2.58. The van der Waals surface area contributed by atoms with Crippen molar-refractivity contribution in [1.82, 2.24) is 5.32 Å². The molecular formula is C19H20FN3O2. The molecule has 0 fully saturated rings. The van der Waals surface area contributed by atoms with Crippen LogP contribution in [0.1, 0.15) is 36.9 Å². The van der Waals surface area contributed by atoms with Gasteiger partial charge in [-0.1, -0.05) is 24.3 Å². The van der Waals surface area contributed by atoms with Crippen LogP contribution in [0.15, 0.2) is 42.5 Å². The fraction of sp³-hybridized carbons (Fsp3) is 0.263. The molecule has 0 spiro atoms. The highest BCUT2D eigenvalue weighted by atomic mass is 19.1. The molecule has 0 heterocycles. The minimum Gasteiger partial charge on any atom is -0.331 e. The summed E-state index contributed by atoms with van der Waals surface area (Å²) in [6, 6.07) is 11.7. The highest BCUT2D eigenvalue weighted by Gasteiger charge is 2.21. The molecule has 2 aromatic rings. The van der Waals surface area contributed by atoms with E-state index in [0.29, 0.717) is 5.69 Å². The number of nitrogens with one attached hydrogen (secondary N) is 3. The van der Waals surface area contributed by atoms with E-state index in [-0.39, 0.29) is 23.7 Å². The van der Waals surface area contributed by atoms with Gasteiger partial charge in [-0.25, -0.2) is 9.18 Å². The van der Waals surface area contributed by atoms with E-state index in [4.69, 9.17) is 0 Å². The van der Waals surface area contributed by atoms with Crippen molar-refractivity contribution >= 4 is 23.3 Å². The van der Waals surface area contributed by atoms with E-state index in [9.17, 15) is 14.0 Å². The number of carbonyl (C=O) groups is 2. The van der Waals surface area contributed by atoms with Gasteiger partial charge in [0, 0.05) is 12.6 Å². The molecule has 25 heavy (non-hydrogen) atoms. The summed E-state index contributed by atoms with van der Waals surface area (Å²) in [7, 11) is 0. The molecule has 0 radical (unpaired) electrons. The number of hydrogen-bond donors (Lipinski definition) is 3. The highest BCUT2D eigenvalue weighted by Crippen LogP contribution is 2.29. The number of rotatable bonds is 3. The van der Waals surface area contributed by atoms with Crippen LogP contribution in [0, 0.1) is 5.82 Å². The Kier molecular flexibility index (Phi) is 4.97. The van der Waals surface area contributed by atoms with Gasteiger partial charge < -0.3 is 16.0 Å². The Labute approximate surface area is 145 Å². The number of carbonyl (C=O) groups excluding carboxylic acids is 2. The van der Waals surface area contributed by atoms with E-state index in [2.05, 4.69) is 22.0 Å². The summed E-state index contributed by atoms with van der Waals surface area (Å²) in [4.78, 5) is 23.4. The van der Waals surface area contributed by atoms with Gasteiger partial charge in [0.1, 0.15) is 5.82 Å². The number of benzene rings is 2. The molecule has 130 valence electrons. The zero-order valence-corrected chi connectivity index (χ0v) is 13.9. The fourth-order valence-corrected chi connectivity index (χ4v) is 3.12. The van der Waals surface area contributed by atoms with E-state index in [1.807, 2.05) is 18.2 Å². The lowest BCUT2D eigenvalue weighted by molar-refractivity contribution is -0.114. The maximum absolute atomic E-state index is 13.7. The van der Waals surface area contributed by atoms with Gasteiger partial charge in [-0.05, 0) is 48.6 Å². The number of amides is 3. The second-order valence-electron chi connectivity index (χ2n) is 6.12. The molecule has 1 atom stereocenters. The van der Waals surface area contributed by atoms with Gasteiger partial charge in [0.2, 0.25) is 5.91 Å². The minimum atomic E-state index is -0.553. The third kappa shape index (κ3) is 4.15. The molecule has 3 amide bonds. The summed E-state index contributed by atoms with van der Waals surface area (Å²) in [6.07, 6.45) is 2.92. The number of aryl methyl sites for hydroxylation is 1. The van der Waals surface area contributed by atoms with Crippen LogP contribution in [0.2, 0.25) is 0 Å². The molecule has 5 nitrogen and oxygen atoms in total. The van der Waals surface area contributed by atoms with Gasteiger partial charge in [-0.3, -0.25) is 4.79 Å². The molecular weight excluding hydrogens is 321 g/mol. The van der Waals surface area contributed by atoms with Crippen LogP contribution in [0.5, 0.6) is 0 Å². The zero-order chi connectivity index (χ0) is 17.8. The molecule has 0 aromatic heterocycles. The maximum Gasteiger partial charge on any atom is 0.319 e. The quantitative estimate of drug-likeness (QED) is 0.790. The topological polar surface area (TPSA) is 70.2 Å². The van der Waals surface area contributed by atoms with Crippen LogP contribution in [0.25, 0.3) is 0 Å². The predicted molar refractivity (Wildman–Crippen MR) is 95.0 cm³/mol. The maximum atomic E-state index is 13.7. The Morgan fingerprint density at radius 1 is 1.12 bits per heavy atom. The lowest BCUT2D eigenvalue weighted by Crippen LogP contribution is -2.34. The van der Waals surface area contributed by atoms with E-state index in [1.54, 1.807) is 0 Å². The molecule has 1 unspecified atom stereocenters. The Bertz CT molecular complexity index is 807. The predicted octanol–water partition coefficient (Wildman–Crippen LogP) is 3.98. The first-order valence-corrected chi connectivity index (χ1v) is 8.25. The summed E-state index contributed by atoms with van der Waals surface area (Å²) >= 11 is 0. The molecule has 3 N–H and O–H groups in total. The summed E-state index contributed by atoms with van der Waals surface area (Å²) in [5.74, 6) is -0.929. The van der Waals surface area contributed by atoms with Crippen molar-refractivity contribution < 1.29 is 14.0 Å². The molecule has 0 saturated heterocycles. The summed E-state index contributed by atoms with van der Waals surface area (Å²) in [6.45, 7) is 1.30. The second kappa shape index (κ2) is 7.34. The number of hydrogen-bond acceptors (Lipinski definition) is 2. The number of fused-ring (bicyclic) bond motifs is 1. The van der Waals surface area contributed by atoms with Gasteiger partial charge >= 0.3 is 6.03 Å². The first kappa shape index (κ1) is 17.0. The third-order valence-electron chi connectivity index (χ3n) is 4.21. The first-order chi connectivity index (χ1) is 12.0. The molecule has 6 heteroatoms. The van der Waals surface area contributed by atoms with Gasteiger partial charge in [0.15, 0.2) is 0 Å². The molecule has 0 bridgehead atoms. The van der Waals surface area contributed by atoms with Gasteiger partial charge in [0.05, 0.1) is 11.7 Å². The van der Waals surface area contributed by atoms with Gasteiger partial charge in [-0.15, -0.1) is 0 Å². The van der Waals surface area contributed by atoms with Crippen molar-refractivity contribution in [1.29, 1.82) is 0 Å². The van der Waals surface area contributed by atoms with Crippen molar-refractivity contribution in [3.8, 4) is 0 Å². The number of halogens is 1. The first-order valence-electron chi connectivity index (χ1n) is 8.25. The summed E-state index contributed by atoms with van der Waals surface area (Å²) in [5, 5.41) is 8.06. The Morgan fingerprint density at radius 3 is 2.72 bits per heavy atom. The SMILES string of the molecule is CC(=O)Nc1cc(NC(=O)NC2CCCc3ccccc32)ccc1F. The Morgan fingerprint density at radius 2 is 1.92 bits per heavy atom. The summed E-state index contributed by atoms with van der Waals surface area (Å²) in [5.41, 5.74) is 2.84. The Hall–Kier alpha value is -2.89. The minimum absolute atomic E-state index is 0.0355. The molecule has 1 aliphatic carbocycles. The van der Waals surface area contributed by atoms with Crippen molar-refractivity contribution in [2.24, 2.45) is 0 Å². The smallest absolute Gasteiger partial charge is 0.319 e. The largest absolute Gasteiger partial charge is 0.331 e. The van der Waals surface area contributed by atoms with Crippen LogP contribution < -0.4 is 16.0 Å². The molecule has 0 aliphatic heterocycles. The van der Waals surface area contributed by atoms with E-state index in [0.717, 1.165) is 24.8 Å². The van der Waals surface area contributed by atoms with Gasteiger partial charge in [-0.2, -0.15) is 0 Å².